The van der Waals surface area contributed by atoms with Gasteiger partial charge in [-0.25, -0.2) is 4.98 Å². The fraction of sp³-hybridized carbons (Fsp3) is 0.333. The number of hydrogen-bond donors (Lipinski definition) is 1. The summed E-state index contributed by atoms with van der Waals surface area (Å²) >= 11 is 0. The monoisotopic (exact) mass is 903 g/mol. The van der Waals surface area contributed by atoms with Gasteiger partial charge in [0.05, 0.1) is 33.5 Å². The third kappa shape index (κ3) is 9.51. The molecule has 4 heteroatoms. The van der Waals surface area contributed by atoms with Crippen LogP contribution in [0.1, 0.15) is 183 Å². The first-order chi connectivity index (χ1) is 38.5. The largest absolute Gasteiger partial charge is 0.507 e. The molecule has 2 aromatic heterocycles. The van der Waals surface area contributed by atoms with E-state index in [1.54, 1.807) is 16.7 Å². The Labute approximate surface area is 425 Å². The number of benzene rings is 6. The summed E-state index contributed by atoms with van der Waals surface area (Å²) in [6.45, 7) is 7.80. The molecule has 67 heavy (non-hydrogen) atoms. The summed E-state index contributed by atoms with van der Waals surface area (Å²) in [5.74, 6) is -0.594. The Morgan fingerprint density at radius 2 is 1.28 bits per heavy atom. The highest BCUT2D eigenvalue weighted by Gasteiger charge is 2.26. The summed E-state index contributed by atoms with van der Waals surface area (Å²) in [4.78, 5) is 10.1. The number of imidazole rings is 1. The lowest BCUT2D eigenvalue weighted by Gasteiger charge is -2.22. The molecule has 0 atom stereocenters. The number of pyridine rings is 1. The molecule has 8 rings (SSSR count). The van der Waals surface area contributed by atoms with Gasteiger partial charge < -0.3 is 5.11 Å². The van der Waals surface area contributed by atoms with Crippen LogP contribution in [0.4, 0.5) is 0 Å². The predicted molar refractivity (Wildman–Crippen MR) is 286 cm³/mol. The summed E-state index contributed by atoms with van der Waals surface area (Å²) in [6, 6.07) is 25.7. The molecule has 0 unspecified atom stereocenters. The number of aromatic hydroxyl groups is 1. The van der Waals surface area contributed by atoms with E-state index in [1.165, 1.54) is 18.3 Å². The number of rotatable bonds is 10. The van der Waals surface area contributed by atoms with E-state index < -0.39 is 73.9 Å². The standard InChI is InChI=1S/C63H71N3O/c1-37(2)45-28-46(38(3)4)30-48(29-45)43-21-24-57(41(9)27-43)66-58-18-16-17-53(59(58)65-61(66)55-35-47(39(5)6)34-54(40(7)8)60(55)67)49-31-50(33-52(32-49)63(13,14)15)56-36-44(25-26-64-56)42-19-22-51(23-20-42)62(10,11)12/h16-40,67H,1-15H3/i9D3,10D3,11D3,12D3,19D,20D,22D,23D,37D. The lowest BCUT2D eigenvalue weighted by molar-refractivity contribution is 0.466. The van der Waals surface area contributed by atoms with Gasteiger partial charge in [0.25, 0.3) is 0 Å². The molecule has 0 radical (unpaired) electrons. The van der Waals surface area contributed by atoms with Gasteiger partial charge in [0, 0.05) is 35.1 Å². The summed E-state index contributed by atoms with van der Waals surface area (Å²) in [5.41, 5.74) is 3.71. The van der Waals surface area contributed by atoms with E-state index in [-0.39, 0.29) is 40.2 Å². The lowest BCUT2D eigenvalue weighted by atomic mass is 9.83. The molecule has 6 aromatic carbocycles. The number of para-hydroxylation sites is 1. The molecule has 0 fully saturated rings. The summed E-state index contributed by atoms with van der Waals surface area (Å²) in [7, 11) is 0. The van der Waals surface area contributed by atoms with E-state index in [4.69, 9.17) is 33.3 Å². The molecule has 0 saturated carbocycles. The third-order valence-corrected chi connectivity index (χ3v) is 12.6. The fourth-order valence-electron chi connectivity index (χ4n) is 8.48. The molecule has 0 saturated heterocycles. The first-order valence-corrected chi connectivity index (χ1v) is 23.0. The molecular weight excluding hydrogens is 815 g/mol. The van der Waals surface area contributed by atoms with Crippen LogP contribution in [0.5, 0.6) is 5.75 Å². The smallest absolute Gasteiger partial charge is 0.149 e. The second-order valence-corrected chi connectivity index (χ2v) is 20.0. The van der Waals surface area contributed by atoms with Gasteiger partial charge in [0.15, 0.2) is 0 Å². The van der Waals surface area contributed by atoms with Gasteiger partial charge in [0.2, 0.25) is 0 Å². The van der Waals surface area contributed by atoms with Crippen molar-refractivity contribution in [3.8, 4) is 67.5 Å². The molecule has 0 bridgehead atoms. The molecule has 0 aliphatic carbocycles. The van der Waals surface area contributed by atoms with Crippen molar-refractivity contribution in [1.82, 2.24) is 14.5 Å². The zero-order valence-electron chi connectivity index (χ0n) is 57.3. The zero-order chi connectivity index (χ0) is 62.7. The average Bonchev–Trinajstić information content (AvgIpc) is 0.753. The van der Waals surface area contributed by atoms with Crippen LogP contribution in [-0.2, 0) is 10.8 Å². The number of phenols is 1. The molecule has 0 spiro atoms. The van der Waals surface area contributed by atoms with Crippen LogP contribution in [0.2, 0.25) is 0 Å². The van der Waals surface area contributed by atoms with Crippen molar-refractivity contribution in [2.45, 2.75) is 138 Å². The molecule has 4 nitrogen and oxygen atoms in total. The summed E-state index contributed by atoms with van der Waals surface area (Å²) in [5, 5.41) is 12.4. The van der Waals surface area contributed by atoms with E-state index in [0.717, 1.165) is 27.8 Å². The lowest BCUT2D eigenvalue weighted by Crippen LogP contribution is -2.11. The van der Waals surface area contributed by atoms with Gasteiger partial charge >= 0.3 is 0 Å². The van der Waals surface area contributed by atoms with Crippen LogP contribution in [0.15, 0.2) is 127 Å². The second-order valence-electron chi connectivity index (χ2n) is 20.0. The third-order valence-electron chi connectivity index (χ3n) is 12.6. The molecule has 2 heterocycles. The van der Waals surface area contributed by atoms with Crippen molar-refractivity contribution >= 4 is 11.0 Å². The van der Waals surface area contributed by atoms with E-state index in [2.05, 4.69) is 27.7 Å². The molecule has 8 aromatic rings. The number of aryl methyl sites for hydroxylation is 1. The highest BCUT2D eigenvalue weighted by molar-refractivity contribution is 5.97. The minimum Gasteiger partial charge on any atom is -0.507 e. The van der Waals surface area contributed by atoms with Crippen molar-refractivity contribution in [2.75, 3.05) is 0 Å². The van der Waals surface area contributed by atoms with Gasteiger partial charge in [0.1, 0.15) is 11.6 Å². The van der Waals surface area contributed by atoms with Crippen LogP contribution in [0, 0.1) is 6.85 Å². The first-order valence-electron chi connectivity index (χ1n) is 31.5. The Morgan fingerprint density at radius 1 is 0.597 bits per heavy atom. The number of hydrogen-bond acceptors (Lipinski definition) is 3. The minimum atomic E-state index is -3.84. The summed E-state index contributed by atoms with van der Waals surface area (Å²) in [6.07, 6.45) is 1.40. The van der Waals surface area contributed by atoms with Crippen molar-refractivity contribution in [1.29, 1.82) is 0 Å². The number of nitrogens with zero attached hydrogens (tertiary/aromatic N) is 3. The van der Waals surface area contributed by atoms with Crippen molar-refractivity contribution < 1.29 is 28.4 Å². The van der Waals surface area contributed by atoms with E-state index in [1.807, 2.05) is 121 Å². The maximum absolute atomic E-state index is 12.4. The highest BCUT2D eigenvalue weighted by atomic mass is 16.3. The molecule has 0 amide bonds. The molecule has 0 aliphatic rings. The molecule has 1 N–H and O–H groups in total. The second kappa shape index (κ2) is 18.1. The van der Waals surface area contributed by atoms with Crippen LogP contribution in [0.25, 0.3) is 72.7 Å². The van der Waals surface area contributed by atoms with Gasteiger partial charge in [-0.15, -0.1) is 0 Å². The SMILES string of the molecule is [2H]c1c([2H])c(C(C([2H])([2H])[2H])(C([2H])([2H])[2H])C([2H])([2H])[2H])c([2H])c([2H])c1-c1ccnc(-c2cc(-c3cccc4c3nc(-c3cc(C(C)C)cc(C(C)C)c3O)n4-c3ccc(-c4cc(C(C)C)cc(C([2H])(C)C)c4)cc3C([2H])([2H])[2H])cc(C(C)(C)C)c2)c1. The Hall–Kier alpha value is -6.26. The van der Waals surface area contributed by atoms with Crippen molar-refractivity contribution in [2.24, 2.45) is 0 Å². The van der Waals surface area contributed by atoms with Crippen LogP contribution in [-0.4, -0.2) is 19.6 Å². The number of phenolic OH excluding ortho intramolecular Hbond substituents is 1. The van der Waals surface area contributed by atoms with Gasteiger partial charge in [-0.1, -0.05) is 169 Å². The van der Waals surface area contributed by atoms with E-state index in [0.29, 0.717) is 61.6 Å². The Balaban J connectivity index is 1.41. The normalized spacial score (nSPS) is 17.0. The van der Waals surface area contributed by atoms with Crippen LogP contribution >= 0.6 is 0 Å². The van der Waals surface area contributed by atoms with Crippen LogP contribution in [0.3, 0.4) is 0 Å². The minimum absolute atomic E-state index is 0.00103. The first kappa shape index (κ1) is 30.2. The van der Waals surface area contributed by atoms with Crippen LogP contribution < -0.4 is 0 Å². The maximum atomic E-state index is 12.4. The van der Waals surface area contributed by atoms with E-state index in [9.17, 15) is 5.11 Å². The highest BCUT2D eigenvalue weighted by Crippen LogP contribution is 2.44. The van der Waals surface area contributed by atoms with Crippen molar-refractivity contribution in [3.63, 3.8) is 0 Å². The maximum Gasteiger partial charge on any atom is 0.149 e. The average molecular weight is 903 g/mol. The topological polar surface area (TPSA) is 50.9 Å². The Kier molecular flexibility index (Phi) is 8.15. The number of fused-ring (bicyclic) bond motifs is 1. The Morgan fingerprint density at radius 3 is 1.94 bits per heavy atom. The zero-order valence-corrected chi connectivity index (χ0v) is 40.3. The Bertz CT molecular complexity index is 3800. The molecule has 0 aliphatic heterocycles. The van der Waals surface area contributed by atoms with Crippen molar-refractivity contribution in [3.05, 3.63) is 166 Å². The van der Waals surface area contributed by atoms with Gasteiger partial charge in [-0.3, -0.25) is 9.55 Å². The van der Waals surface area contributed by atoms with Gasteiger partial charge in [-0.2, -0.15) is 0 Å². The van der Waals surface area contributed by atoms with Gasteiger partial charge in [-0.05, 0) is 157 Å². The summed E-state index contributed by atoms with van der Waals surface area (Å²) < 4.78 is 149. The quantitative estimate of drug-likeness (QED) is 0.149. The van der Waals surface area contributed by atoms with E-state index >= 15 is 0 Å². The fourth-order valence-corrected chi connectivity index (χ4v) is 8.48. The predicted octanol–water partition coefficient (Wildman–Crippen LogP) is 17.9. The molecular formula is C63H71N3O. The molecule has 344 valence electrons. The number of aromatic nitrogens is 3.